The summed E-state index contributed by atoms with van der Waals surface area (Å²) in [7, 11) is 3.72. The molecule has 6 heterocycles. The maximum absolute atomic E-state index is 16.0. The molecule has 1 unspecified atom stereocenters. The van der Waals surface area contributed by atoms with Gasteiger partial charge in [0.15, 0.2) is 29.0 Å². The lowest BCUT2D eigenvalue weighted by Crippen LogP contribution is -2.55. The van der Waals surface area contributed by atoms with E-state index in [2.05, 4.69) is 42.5 Å². The maximum atomic E-state index is 16.0. The summed E-state index contributed by atoms with van der Waals surface area (Å²) in [6.45, 7) is 5.49. The first-order valence-corrected chi connectivity index (χ1v) is 31.8. The average molecular weight is 1410 g/mol. The van der Waals surface area contributed by atoms with Gasteiger partial charge in [0.25, 0.3) is 0 Å². The van der Waals surface area contributed by atoms with Crippen LogP contribution in [-0.2, 0) is 51.3 Å². The number of carboxylic acid groups (broad SMARTS) is 1. The number of nitrogens with zero attached hydrogens (tertiary/aromatic N) is 1. The number of hydrogen-bond acceptors (Lipinski definition) is 21. The number of aromatic hydroxyl groups is 6. The fourth-order valence-corrected chi connectivity index (χ4v) is 12.2. The molecule has 31 heteroatoms. The zero-order valence-corrected chi connectivity index (χ0v) is 55.2. The summed E-state index contributed by atoms with van der Waals surface area (Å²) in [5.41, 5.74) is -3.62. The summed E-state index contributed by atoms with van der Waals surface area (Å²) in [4.78, 5) is 121. The SMILES string of the molecule is CN(C)CCCNCc1c(O)cc2c(c1O)-c1cc(ccc1O)[C@@H]1NC(=O)[C@H]3NC(=O)[C@H]4NC(=O)[C@H](Cc5ccc(c(Cl)c5)Oc5cc3cc(c5O)Oc3ccc(cc3Cl)C(O)[C@H](NC1=O)C(=O)N[C@@H]2C(=O)O)NC(=O)[C@H](NC(=O)OC(C)(C)C)c1ccc(O)c(c1)Oc1cc(O)cc4c1. The van der Waals surface area contributed by atoms with Gasteiger partial charge in [0.2, 0.25) is 41.2 Å². The van der Waals surface area contributed by atoms with Gasteiger partial charge in [0.05, 0.1) is 15.6 Å². The largest absolute Gasteiger partial charge is 0.508 e. The highest BCUT2D eigenvalue weighted by atomic mass is 35.5. The van der Waals surface area contributed by atoms with Crippen LogP contribution in [0.4, 0.5) is 4.79 Å². The number of benzene rings is 7. The van der Waals surface area contributed by atoms with Crippen LogP contribution in [0.1, 0.15) is 108 Å². The molecule has 13 rings (SSSR count). The summed E-state index contributed by atoms with van der Waals surface area (Å²) >= 11 is 13.9. The van der Waals surface area contributed by atoms with Gasteiger partial charge in [-0.15, -0.1) is 0 Å². The number of phenolic OH excluding ortho intramolecular Hbond substituents is 6. The van der Waals surface area contributed by atoms with Gasteiger partial charge in [-0.2, -0.15) is 0 Å². The number of hydrogen-bond donors (Lipinski definition) is 16. The molecule has 8 atom stereocenters. The molecule has 7 aromatic carbocycles. The number of carbonyl (C=O) groups is 8. The number of carboxylic acids is 1. The van der Waals surface area contributed by atoms with Gasteiger partial charge in [0.1, 0.15) is 88.2 Å². The Labute approximate surface area is 578 Å². The molecule has 0 spiro atoms. The molecule has 29 nitrogen and oxygen atoms in total. The smallest absolute Gasteiger partial charge is 0.408 e. The summed E-state index contributed by atoms with van der Waals surface area (Å²) < 4.78 is 24.2. The number of aliphatic hydroxyl groups excluding tert-OH is 1. The van der Waals surface area contributed by atoms with Crippen molar-refractivity contribution in [3.8, 4) is 80.1 Å². The number of rotatable bonds is 8. The van der Waals surface area contributed by atoms with Crippen LogP contribution < -0.4 is 56.7 Å². The third-order valence-electron chi connectivity index (χ3n) is 16.6. The first kappa shape index (κ1) is 70.1. The highest BCUT2D eigenvalue weighted by Crippen LogP contribution is 2.49. The maximum Gasteiger partial charge on any atom is 0.408 e. The lowest BCUT2D eigenvalue weighted by atomic mass is 9.88. The molecule has 0 radical (unpaired) electrons. The Bertz CT molecular complexity index is 4510. The highest BCUT2D eigenvalue weighted by Gasteiger charge is 2.42. The number of phenols is 6. The zero-order chi connectivity index (χ0) is 71.9. The number of fused-ring (bicyclic) bond motifs is 14. The van der Waals surface area contributed by atoms with E-state index in [0.29, 0.717) is 19.5 Å². The van der Waals surface area contributed by atoms with Crippen molar-refractivity contribution in [2.75, 3.05) is 27.2 Å². The van der Waals surface area contributed by atoms with Crippen molar-refractivity contribution in [2.24, 2.45) is 0 Å². The van der Waals surface area contributed by atoms with E-state index in [4.69, 9.17) is 42.1 Å². The Morgan fingerprint density at radius 1 is 0.590 bits per heavy atom. The molecule has 6 aliphatic rings. The molecule has 7 amide bonds. The number of nitrogens with one attached hydrogen (secondary N) is 8. The lowest BCUT2D eigenvalue weighted by molar-refractivity contribution is -0.143. The molecular formula is C69H67Cl2N9O20. The van der Waals surface area contributed by atoms with Gasteiger partial charge >= 0.3 is 12.1 Å². The van der Waals surface area contributed by atoms with E-state index in [-0.39, 0.29) is 78.5 Å². The van der Waals surface area contributed by atoms with Gasteiger partial charge in [-0.1, -0.05) is 47.5 Å². The number of halogens is 2. The molecule has 17 bridgehead atoms. The number of aliphatic hydroxyl groups is 1. The van der Waals surface area contributed by atoms with Gasteiger partial charge in [-0.05, 0) is 167 Å². The predicted octanol–water partition coefficient (Wildman–Crippen LogP) is 6.59. The van der Waals surface area contributed by atoms with Gasteiger partial charge < -0.3 is 107 Å². The average Bonchev–Trinajstić information content (AvgIpc) is 0.760. The summed E-state index contributed by atoms with van der Waals surface area (Å²) in [6.07, 6.45) is -3.09. The summed E-state index contributed by atoms with van der Waals surface area (Å²) in [5, 5.41) is 114. The molecule has 7 aromatic rings. The van der Waals surface area contributed by atoms with E-state index in [1.807, 2.05) is 19.0 Å². The van der Waals surface area contributed by atoms with Crippen LogP contribution in [0.25, 0.3) is 11.1 Å². The standard InChI is InChI=1S/C69H67Cl2N9O20/c1-69(2,3)100-68(96)79-53-31-9-12-44(83)48(23-31)97-36-20-33(19-35(81)26-36)54-64(91)76-55-34-24-49(98-46-13-7-29(17-40(46)70)18-42(61(88)74-54)73-62(53)89)60(87)50(25-34)99-47-14-10-32(22-41(47)71)58(85)57-66(93)77-56(67(94)95)38-27-45(84)39(28-72-15-6-16-80(4)5)59(86)51(38)37-21-30(8-11-43(37)82)52(63(90)78-57)75-65(55)92/h7-14,17,19-27,42,52-58,72,81-87H,6,15-16,18,28H2,1-5H3,(H,73,89)(H,74,88)(H,75,92)(H,76,91)(H,77,93)(H,78,90)(H,79,96)(H,94,95)/t42-,52-,53+,54-,55-,56-,57-,58?/m0/s1. The quantitative estimate of drug-likeness (QED) is 0.0713. The van der Waals surface area contributed by atoms with Crippen LogP contribution in [0.3, 0.4) is 0 Å². The molecule has 0 aromatic heterocycles. The van der Waals surface area contributed by atoms with Gasteiger partial charge in [-0.25, -0.2) is 9.59 Å². The molecule has 100 heavy (non-hydrogen) atoms. The van der Waals surface area contributed by atoms with E-state index >= 15 is 19.2 Å². The van der Waals surface area contributed by atoms with Crippen molar-refractivity contribution in [3.63, 3.8) is 0 Å². The number of carbonyl (C=O) groups excluding carboxylic acids is 7. The molecular weight excluding hydrogens is 1350 g/mol. The Morgan fingerprint density at radius 2 is 1.19 bits per heavy atom. The van der Waals surface area contributed by atoms with E-state index in [1.54, 1.807) is 20.8 Å². The molecule has 0 saturated carbocycles. The summed E-state index contributed by atoms with van der Waals surface area (Å²) in [6, 6.07) is 6.51. The fourth-order valence-electron chi connectivity index (χ4n) is 11.8. The van der Waals surface area contributed by atoms with Crippen molar-refractivity contribution in [1.82, 2.24) is 47.4 Å². The first-order chi connectivity index (χ1) is 47.4. The third kappa shape index (κ3) is 15.1. The van der Waals surface area contributed by atoms with Crippen LogP contribution in [-0.4, -0.2) is 138 Å². The number of ether oxygens (including phenoxy) is 4. The Balaban J connectivity index is 1.12. The van der Waals surface area contributed by atoms with Gasteiger partial charge in [0, 0.05) is 35.7 Å². The van der Waals surface area contributed by atoms with Crippen LogP contribution in [0, 0.1) is 0 Å². The number of amides is 7. The monoisotopic (exact) mass is 1410 g/mol. The van der Waals surface area contributed by atoms with Crippen LogP contribution in [0.2, 0.25) is 10.0 Å². The Kier molecular flexibility index (Phi) is 19.8. The van der Waals surface area contributed by atoms with Crippen molar-refractivity contribution in [2.45, 2.75) is 94.2 Å². The van der Waals surface area contributed by atoms with Crippen molar-refractivity contribution >= 4 is 70.7 Å². The van der Waals surface area contributed by atoms with Gasteiger partial charge in [-0.3, -0.25) is 28.8 Å². The lowest BCUT2D eigenvalue weighted by Gasteiger charge is -2.31. The molecule has 0 saturated heterocycles. The second kappa shape index (κ2) is 28.3. The highest BCUT2D eigenvalue weighted by molar-refractivity contribution is 6.32. The minimum absolute atomic E-state index is 0.0104. The zero-order valence-electron chi connectivity index (χ0n) is 53.7. The molecule has 6 aliphatic heterocycles. The van der Waals surface area contributed by atoms with Crippen molar-refractivity contribution < 1.29 is 98.2 Å². The normalized spacial score (nSPS) is 20.6. The molecule has 0 fully saturated rings. The van der Waals surface area contributed by atoms with E-state index in [0.717, 1.165) is 60.7 Å². The fraction of sp³-hybridized carbons (Fsp3) is 0.275. The third-order valence-corrected chi connectivity index (χ3v) is 17.2. The van der Waals surface area contributed by atoms with Crippen LogP contribution in [0.15, 0.2) is 109 Å². The van der Waals surface area contributed by atoms with E-state index in [9.17, 15) is 60.0 Å². The van der Waals surface area contributed by atoms with Crippen molar-refractivity contribution in [1.29, 1.82) is 0 Å². The first-order valence-electron chi connectivity index (χ1n) is 31.0. The number of alkyl carbamates (subject to hydrolysis) is 1. The number of aliphatic carboxylic acids is 1. The molecule has 16 N–H and O–H groups in total. The predicted molar refractivity (Wildman–Crippen MR) is 355 cm³/mol. The van der Waals surface area contributed by atoms with Crippen molar-refractivity contribution in [3.05, 3.63) is 164 Å². The van der Waals surface area contributed by atoms with E-state index in [1.165, 1.54) is 48.5 Å². The Morgan fingerprint density at radius 3 is 1.84 bits per heavy atom. The second-order valence-corrected chi connectivity index (χ2v) is 26.1. The molecule has 0 aliphatic carbocycles. The van der Waals surface area contributed by atoms with E-state index < -0.39 is 171 Å². The minimum atomic E-state index is -2.24. The van der Waals surface area contributed by atoms with Crippen LogP contribution >= 0.6 is 23.2 Å². The van der Waals surface area contributed by atoms with Crippen LogP contribution in [0.5, 0.6) is 69.0 Å². The second-order valence-electron chi connectivity index (χ2n) is 25.3. The molecule has 522 valence electrons. The minimum Gasteiger partial charge on any atom is -0.508 e. The topological polar surface area (TPSA) is 435 Å². The Hall–Kier alpha value is -11.2. The summed E-state index contributed by atoms with van der Waals surface area (Å²) in [5.74, 6) is -15.6.